The Hall–Kier alpha value is -2.37. The SMILES string of the molecule is CC(=O)N[C@@H](CC(=O)N1CCC[C@H](CCC(=O)O)C1)c1ccc(C)cc1. The van der Waals surface area contributed by atoms with Crippen molar-refractivity contribution in [1.29, 1.82) is 0 Å². The second-order valence-electron chi connectivity index (χ2n) is 7.15. The van der Waals surface area contributed by atoms with E-state index in [0.29, 0.717) is 19.5 Å². The number of carboxylic acid groups (broad SMARTS) is 1. The van der Waals surface area contributed by atoms with Crippen LogP contribution in [0.15, 0.2) is 24.3 Å². The molecular weight excluding hydrogens is 332 g/mol. The summed E-state index contributed by atoms with van der Waals surface area (Å²) in [5.41, 5.74) is 2.04. The van der Waals surface area contributed by atoms with Crippen molar-refractivity contribution >= 4 is 17.8 Å². The highest BCUT2D eigenvalue weighted by atomic mass is 16.4. The normalized spacial score (nSPS) is 18.2. The van der Waals surface area contributed by atoms with Gasteiger partial charge in [0.1, 0.15) is 0 Å². The van der Waals surface area contributed by atoms with E-state index in [-0.39, 0.29) is 36.6 Å². The Balaban J connectivity index is 2.00. The van der Waals surface area contributed by atoms with Gasteiger partial charge in [0.05, 0.1) is 12.5 Å². The number of nitrogens with zero attached hydrogens (tertiary/aromatic N) is 1. The first kappa shape index (κ1) is 19.9. The molecule has 2 rings (SSSR count). The topological polar surface area (TPSA) is 86.7 Å². The number of piperidine rings is 1. The van der Waals surface area contributed by atoms with Crippen molar-refractivity contribution < 1.29 is 19.5 Å². The van der Waals surface area contributed by atoms with Gasteiger partial charge >= 0.3 is 5.97 Å². The van der Waals surface area contributed by atoms with Crippen molar-refractivity contribution in [1.82, 2.24) is 10.2 Å². The lowest BCUT2D eigenvalue weighted by atomic mass is 9.92. The van der Waals surface area contributed by atoms with Gasteiger partial charge in [0.15, 0.2) is 0 Å². The van der Waals surface area contributed by atoms with Gasteiger partial charge in [-0.05, 0) is 37.7 Å². The van der Waals surface area contributed by atoms with Crippen LogP contribution in [-0.2, 0) is 14.4 Å². The van der Waals surface area contributed by atoms with Crippen molar-refractivity contribution in [2.75, 3.05) is 13.1 Å². The highest BCUT2D eigenvalue weighted by Gasteiger charge is 2.26. The van der Waals surface area contributed by atoms with Crippen molar-refractivity contribution in [3.8, 4) is 0 Å². The van der Waals surface area contributed by atoms with Crippen LogP contribution in [0.1, 0.15) is 56.2 Å². The van der Waals surface area contributed by atoms with E-state index in [0.717, 1.165) is 24.0 Å². The van der Waals surface area contributed by atoms with E-state index < -0.39 is 5.97 Å². The van der Waals surface area contributed by atoms with Crippen molar-refractivity contribution in [3.05, 3.63) is 35.4 Å². The first-order valence-corrected chi connectivity index (χ1v) is 9.18. The van der Waals surface area contributed by atoms with E-state index >= 15 is 0 Å². The fourth-order valence-electron chi connectivity index (χ4n) is 3.45. The Morgan fingerprint density at radius 2 is 1.96 bits per heavy atom. The van der Waals surface area contributed by atoms with Gasteiger partial charge in [0, 0.05) is 26.4 Å². The molecule has 0 saturated carbocycles. The van der Waals surface area contributed by atoms with Crippen LogP contribution in [0.4, 0.5) is 0 Å². The number of aryl methyl sites for hydroxylation is 1. The summed E-state index contributed by atoms with van der Waals surface area (Å²) < 4.78 is 0. The number of benzene rings is 1. The molecule has 1 saturated heterocycles. The van der Waals surface area contributed by atoms with Crippen LogP contribution in [0.3, 0.4) is 0 Å². The molecule has 6 nitrogen and oxygen atoms in total. The Kier molecular flexibility index (Phi) is 7.18. The maximum absolute atomic E-state index is 12.8. The molecule has 0 radical (unpaired) electrons. The predicted molar refractivity (Wildman–Crippen MR) is 98.5 cm³/mol. The molecule has 2 N–H and O–H groups in total. The summed E-state index contributed by atoms with van der Waals surface area (Å²) in [5, 5.41) is 11.7. The molecule has 26 heavy (non-hydrogen) atoms. The summed E-state index contributed by atoms with van der Waals surface area (Å²) in [6.45, 7) is 4.75. The second-order valence-corrected chi connectivity index (χ2v) is 7.15. The van der Waals surface area contributed by atoms with Crippen LogP contribution >= 0.6 is 0 Å². The molecule has 0 spiro atoms. The standard InChI is InChI=1S/C20H28N2O4/c1-14-5-8-17(9-6-14)18(21-15(2)23)12-19(24)22-11-3-4-16(13-22)7-10-20(25)26/h5-6,8-9,16,18H,3-4,7,10-13H2,1-2H3,(H,21,23)(H,25,26)/t16-,18+/m1/s1. The average Bonchev–Trinajstić information content (AvgIpc) is 2.60. The van der Waals surface area contributed by atoms with Gasteiger partial charge in [-0.2, -0.15) is 0 Å². The predicted octanol–water partition coefficient (Wildman–Crippen LogP) is 2.67. The fourth-order valence-corrected chi connectivity index (χ4v) is 3.45. The van der Waals surface area contributed by atoms with Crippen LogP contribution in [0.5, 0.6) is 0 Å². The van der Waals surface area contributed by atoms with Gasteiger partial charge in [-0.1, -0.05) is 29.8 Å². The summed E-state index contributed by atoms with van der Waals surface area (Å²) in [7, 11) is 0. The summed E-state index contributed by atoms with van der Waals surface area (Å²) in [4.78, 5) is 36.9. The zero-order valence-electron chi connectivity index (χ0n) is 15.5. The number of carbonyl (C=O) groups is 3. The molecule has 1 aliphatic rings. The molecule has 1 aromatic carbocycles. The average molecular weight is 360 g/mol. The van der Waals surface area contributed by atoms with Crippen LogP contribution in [0.2, 0.25) is 0 Å². The van der Waals surface area contributed by atoms with E-state index in [1.807, 2.05) is 36.1 Å². The first-order valence-electron chi connectivity index (χ1n) is 9.18. The molecule has 2 atom stereocenters. The number of aliphatic carboxylic acids is 1. The third-order valence-electron chi connectivity index (χ3n) is 4.87. The summed E-state index contributed by atoms with van der Waals surface area (Å²) in [6.07, 6.45) is 2.82. The van der Waals surface area contributed by atoms with E-state index in [1.54, 1.807) is 0 Å². The smallest absolute Gasteiger partial charge is 0.303 e. The van der Waals surface area contributed by atoms with E-state index in [1.165, 1.54) is 6.92 Å². The third kappa shape index (κ3) is 6.17. The van der Waals surface area contributed by atoms with E-state index in [9.17, 15) is 14.4 Å². The van der Waals surface area contributed by atoms with Crippen LogP contribution < -0.4 is 5.32 Å². The third-order valence-corrected chi connectivity index (χ3v) is 4.87. The number of hydrogen-bond acceptors (Lipinski definition) is 3. The zero-order valence-corrected chi connectivity index (χ0v) is 15.5. The fraction of sp³-hybridized carbons (Fsp3) is 0.550. The minimum atomic E-state index is -0.793. The van der Waals surface area contributed by atoms with Gasteiger partial charge in [0.2, 0.25) is 11.8 Å². The molecule has 1 heterocycles. The van der Waals surface area contributed by atoms with Gasteiger partial charge in [0.25, 0.3) is 0 Å². The Morgan fingerprint density at radius 1 is 1.27 bits per heavy atom. The lowest BCUT2D eigenvalue weighted by Gasteiger charge is -2.33. The number of likely N-dealkylation sites (tertiary alicyclic amines) is 1. The van der Waals surface area contributed by atoms with Gasteiger partial charge in [-0.3, -0.25) is 14.4 Å². The molecule has 1 fully saturated rings. The van der Waals surface area contributed by atoms with E-state index in [4.69, 9.17) is 5.11 Å². The first-order chi connectivity index (χ1) is 12.3. The number of hydrogen-bond donors (Lipinski definition) is 2. The van der Waals surface area contributed by atoms with Crippen molar-refractivity contribution in [2.45, 2.75) is 52.0 Å². The number of nitrogens with one attached hydrogen (secondary N) is 1. The zero-order chi connectivity index (χ0) is 19.1. The van der Waals surface area contributed by atoms with Gasteiger partial charge in [-0.25, -0.2) is 0 Å². The Morgan fingerprint density at radius 3 is 2.58 bits per heavy atom. The van der Waals surface area contributed by atoms with Crippen LogP contribution in [0.25, 0.3) is 0 Å². The number of amides is 2. The molecule has 1 aliphatic heterocycles. The maximum Gasteiger partial charge on any atom is 0.303 e. The van der Waals surface area contributed by atoms with Gasteiger partial charge < -0.3 is 15.3 Å². The minimum absolute atomic E-state index is 0.00403. The highest BCUT2D eigenvalue weighted by molar-refractivity contribution is 5.79. The van der Waals surface area contributed by atoms with E-state index in [2.05, 4.69) is 5.32 Å². The Labute approximate surface area is 154 Å². The van der Waals surface area contributed by atoms with Crippen molar-refractivity contribution in [2.24, 2.45) is 5.92 Å². The molecule has 0 unspecified atom stereocenters. The number of rotatable bonds is 7. The van der Waals surface area contributed by atoms with Crippen LogP contribution in [0, 0.1) is 12.8 Å². The lowest BCUT2D eigenvalue weighted by molar-refractivity contribution is -0.137. The van der Waals surface area contributed by atoms with Crippen LogP contribution in [-0.4, -0.2) is 40.9 Å². The largest absolute Gasteiger partial charge is 0.481 e. The quantitative estimate of drug-likeness (QED) is 0.783. The molecule has 0 aromatic heterocycles. The molecule has 2 amide bonds. The Bertz CT molecular complexity index is 642. The lowest BCUT2D eigenvalue weighted by Crippen LogP contribution is -2.42. The molecule has 0 aliphatic carbocycles. The molecule has 0 bridgehead atoms. The minimum Gasteiger partial charge on any atom is -0.481 e. The molecule has 142 valence electrons. The molecular formula is C20H28N2O4. The summed E-state index contributed by atoms with van der Waals surface area (Å²) in [6, 6.07) is 7.47. The summed E-state index contributed by atoms with van der Waals surface area (Å²) in [5.74, 6) is -0.716. The second kappa shape index (κ2) is 9.36. The number of carbonyl (C=O) groups excluding carboxylic acids is 2. The summed E-state index contributed by atoms with van der Waals surface area (Å²) >= 11 is 0. The highest BCUT2D eigenvalue weighted by Crippen LogP contribution is 2.24. The van der Waals surface area contributed by atoms with Crippen molar-refractivity contribution in [3.63, 3.8) is 0 Å². The van der Waals surface area contributed by atoms with Gasteiger partial charge in [-0.15, -0.1) is 0 Å². The number of carboxylic acids is 1. The monoisotopic (exact) mass is 360 g/mol. The molecule has 1 aromatic rings. The molecule has 6 heteroatoms. The maximum atomic E-state index is 12.8.